The van der Waals surface area contributed by atoms with E-state index in [0.29, 0.717) is 0 Å². The Hall–Kier alpha value is -1.90. The van der Waals surface area contributed by atoms with Crippen molar-refractivity contribution in [3.63, 3.8) is 0 Å². The van der Waals surface area contributed by atoms with E-state index in [9.17, 15) is 23.3 Å². The molecule has 6 nitrogen and oxygen atoms in total. The van der Waals surface area contributed by atoms with Crippen molar-refractivity contribution in [1.29, 1.82) is 0 Å². The van der Waals surface area contributed by atoms with Crippen molar-refractivity contribution in [2.75, 3.05) is 11.9 Å². The van der Waals surface area contributed by atoms with Crippen molar-refractivity contribution in [1.82, 2.24) is 4.98 Å². The summed E-state index contributed by atoms with van der Waals surface area (Å²) >= 11 is 0. The SMILES string of the molecule is O=[N+]([O-])c1ncccc1NCC(O)C(F)(F)F. The molecule has 1 unspecified atom stereocenters. The van der Waals surface area contributed by atoms with Crippen molar-refractivity contribution >= 4 is 11.5 Å². The number of pyridine rings is 1. The zero-order valence-corrected chi connectivity index (χ0v) is 8.31. The van der Waals surface area contributed by atoms with Crippen molar-refractivity contribution in [2.45, 2.75) is 12.3 Å². The number of aliphatic hydroxyl groups excluding tert-OH is 1. The molecule has 0 aromatic carbocycles. The van der Waals surface area contributed by atoms with Crippen LogP contribution in [0.15, 0.2) is 18.3 Å². The molecule has 0 bridgehead atoms. The molecule has 1 rings (SSSR count). The van der Waals surface area contributed by atoms with Gasteiger partial charge in [0.15, 0.2) is 6.10 Å². The lowest BCUT2D eigenvalue weighted by Crippen LogP contribution is -2.35. The van der Waals surface area contributed by atoms with Crippen LogP contribution in [0.4, 0.5) is 24.7 Å². The van der Waals surface area contributed by atoms with E-state index < -0.39 is 29.6 Å². The molecule has 2 N–H and O–H groups in total. The summed E-state index contributed by atoms with van der Waals surface area (Å²) in [6, 6.07) is 2.53. The molecule has 9 heteroatoms. The molecule has 0 saturated carbocycles. The highest BCUT2D eigenvalue weighted by Gasteiger charge is 2.38. The van der Waals surface area contributed by atoms with Gasteiger partial charge in [-0.25, -0.2) is 0 Å². The van der Waals surface area contributed by atoms with Gasteiger partial charge in [0.05, 0.1) is 6.54 Å². The average Bonchev–Trinajstić information content (AvgIpc) is 2.24. The van der Waals surface area contributed by atoms with Crippen LogP contribution in [0, 0.1) is 10.1 Å². The number of nitrogens with one attached hydrogen (secondary N) is 1. The largest absolute Gasteiger partial charge is 0.416 e. The first-order chi connectivity index (χ1) is 7.82. The fourth-order valence-corrected chi connectivity index (χ4v) is 1.00. The summed E-state index contributed by atoms with van der Waals surface area (Å²) in [5, 5.41) is 21.3. The number of hydrogen-bond donors (Lipinski definition) is 2. The van der Waals surface area contributed by atoms with E-state index in [1.165, 1.54) is 12.1 Å². The summed E-state index contributed by atoms with van der Waals surface area (Å²) in [5.74, 6) is -0.595. The number of hydrogen-bond acceptors (Lipinski definition) is 5. The molecule has 0 saturated heterocycles. The van der Waals surface area contributed by atoms with E-state index in [1.54, 1.807) is 0 Å². The Morgan fingerprint density at radius 2 is 2.24 bits per heavy atom. The minimum Gasteiger partial charge on any atom is -0.382 e. The minimum absolute atomic E-state index is 0.180. The molecule has 0 aliphatic heterocycles. The second-order valence-corrected chi connectivity index (χ2v) is 3.07. The normalized spacial score (nSPS) is 13.2. The van der Waals surface area contributed by atoms with Crippen LogP contribution in [0.2, 0.25) is 0 Å². The van der Waals surface area contributed by atoms with Crippen molar-refractivity contribution in [3.8, 4) is 0 Å². The number of aliphatic hydroxyl groups is 1. The topological polar surface area (TPSA) is 88.3 Å². The third-order valence-corrected chi connectivity index (χ3v) is 1.82. The van der Waals surface area contributed by atoms with Gasteiger partial charge >= 0.3 is 12.0 Å². The van der Waals surface area contributed by atoms with Crippen molar-refractivity contribution in [3.05, 3.63) is 28.4 Å². The van der Waals surface area contributed by atoms with Gasteiger partial charge in [-0.15, -0.1) is 0 Å². The molecule has 0 radical (unpaired) electrons. The number of halogens is 3. The third-order valence-electron chi connectivity index (χ3n) is 1.82. The van der Waals surface area contributed by atoms with Crippen molar-refractivity contribution < 1.29 is 23.2 Å². The van der Waals surface area contributed by atoms with Gasteiger partial charge in [-0.1, -0.05) is 0 Å². The smallest absolute Gasteiger partial charge is 0.382 e. The molecule has 1 heterocycles. The van der Waals surface area contributed by atoms with Crippen LogP contribution in [0.5, 0.6) is 0 Å². The summed E-state index contributed by atoms with van der Waals surface area (Å²) in [6.07, 6.45) is -6.23. The second kappa shape index (κ2) is 4.95. The minimum atomic E-state index is -4.77. The molecule has 1 aromatic heterocycles. The zero-order valence-electron chi connectivity index (χ0n) is 8.31. The summed E-state index contributed by atoms with van der Waals surface area (Å²) in [7, 11) is 0. The fourth-order valence-electron chi connectivity index (χ4n) is 1.00. The highest BCUT2D eigenvalue weighted by atomic mass is 19.4. The van der Waals surface area contributed by atoms with E-state index in [1.807, 2.05) is 0 Å². The predicted octanol–water partition coefficient (Wildman–Crippen LogP) is 1.32. The van der Waals surface area contributed by atoms with Crippen LogP contribution in [-0.4, -0.2) is 33.8 Å². The molecule has 0 amide bonds. The lowest BCUT2D eigenvalue weighted by Gasteiger charge is -2.15. The van der Waals surface area contributed by atoms with Crippen LogP contribution < -0.4 is 5.32 Å². The Balaban J connectivity index is 2.73. The van der Waals surface area contributed by atoms with Crippen molar-refractivity contribution in [2.24, 2.45) is 0 Å². The monoisotopic (exact) mass is 251 g/mol. The Morgan fingerprint density at radius 1 is 1.59 bits per heavy atom. The van der Waals surface area contributed by atoms with E-state index in [2.05, 4.69) is 10.3 Å². The van der Waals surface area contributed by atoms with Gasteiger partial charge < -0.3 is 20.5 Å². The molecule has 0 aliphatic carbocycles. The Kier molecular flexibility index (Phi) is 3.84. The van der Waals surface area contributed by atoms with Crippen LogP contribution in [-0.2, 0) is 0 Å². The maximum absolute atomic E-state index is 12.0. The highest BCUT2D eigenvalue weighted by molar-refractivity contribution is 5.56. The average molecular weight is 251 g/mol. The maximum Gasteiger partial charge on any atom is 0.416 e. The Bertz CT molecular complexity index is 410. The quantitative estimate of drug-likeness (QED) is 0.622. The summed E-state index contributed by atoms with van der Waals surface area (Å²) in [6.45, 7) is -0.879. The number of aromatic nitrogens is 1. The van der Waals surface area contributed by atoms with E-state index in [0.717, 1.165) is 6.20 Å². The number of alkyl halides is 3. The molecule has 1 aromatic rings. The van der Waals surface area contributed by atoms with Gasteiger partial charge in [-0.2, -0.15) is 13.2 Å². The highest BCUT2D eigenvalue weighted by Crippen LogP contribution is 2.23. The number of nitrogens with zero attached hydrogens (tertiary/aromatic N) is 2. The van der Waals surface area contributed by atoms with Gasteiger partial charge in [-0.3, -0.25) is 0 Å². The first-order valence-electron chi connectivity index (χ1n) is 4.40. The van der Waals surface area contributed by atoms with Gasteiger partial charge in [0, 0.05) is 0 Å². The Morgan fingerprint density at radius 3 is 2.76 bits per heavy atom. The molecule has 1 atom stereocenters. The van der Waals surface area contributed by atoms with Crippen LogP contribution in [0.3, 0.4) is 0 Å². The zero-order chi connectivity index (χ0) is 13.1. The maximum atomic E-state index is 12.0. The van der Waals surface area contributed by atoms with Crippen LogP contribution >= 0.6 is 0 Å². The number of rotatable bonds is 4. The Labute approximate surface area is 93.2 Å². The first-order valence-corrected chi connectivity index (χ1v) is 4.40. The molecular formula is C8H8F3N3O3. The molecule has 0 fully saturated rings. The van der Waals surface area contributed by atoms with Gasteiger partial charge in [0.1, 0.15) is 11.9 Å². The lowest BCUT2D eigenvalue weighted by atomic mass is 10.3. The summed E-state index contributed by atoms with van der Waals surface area (Å²) < 4.78 is 35.9. The number of nitro groups is 1. The molecule has 94 valence electrons. The van der Waals surface area contributed by atoms with Crippen LogP contribution in [0.1, 0.15) is 0 Å². The summed E-state index contributed by atoms with van der Waals surface area (Å²) in [4.78, 5) is 13.0. The molecule has 17 heavy (non-hydrogen) atoms. The molecule has 0 aliphatic rings. The fraction of sp³-hybridized carbons (Fsp3) is 0.375. The van der Waals surface area contributed by atoms with E-state index in [4.69, 9.17) is 5.11 Å². The lowest BCUT2D eigenvalue weighted by molar-refractivity contribution is -0.388. The van der Waals surface area contributed by atoms with E-state index in [-0.39, 0.29) is 5.69 Å². The second-order valence-electron chi connectivity index (χ2n) is 3.07. The van der Waals surface area contributed by atoms with Gasteiger partial charge in [0.25, 0.3) is 0 Å². The third kappa shape index (κ3) is 3.55. The van der Waals surface area contributed by atoms with Crippen LogP contribution in [0.25, 0.3) is 0 Å². The van der Waals surface area contributed by atoms with Gasteiger partial charge in [-0.05, 0) is 22.0 Å². The molecule has 0 spiro atoms. The standard InChI is InChI=1S/C8H8F3N3O3/c9-8(10,11)6(15)4-13-5-2-1-3-12-7(5)14(16)17/h1-3,6,13,15H,4H2. The molecular weight excluding hydrogens is 243 g/mol. The van der Waals surface area contributed by atoms with E-state index >= 15 is 0 Å². The predicted molar refractivity (Wildman–Crippen MR) is 51.4 cm³/mol. The van der Waals surface area contributed by atoms with Gasteiger partial charge in [0.2, 0.25) is 0 Å². The number of anilines is 1. The summed E-state index contributed by atoms with van der Waals surface area (Å²) in [5.41, 5.74) is -0.180. The first kappa shape index (κ1) is 13.2.